The summed E-state index contributed by atoms with van der Waals surface area (Å²) < 4.78 is 21.0. The number of amides is 1. The number of hydrogen-bond donors (Lipinski definition) is 1. The van der Waals surface area contributed by atoms with Crippen LogP contribution in [0.3, 0.4) is 0 Å². The summed E-state index contributed by atoms with van der Waals surface area (Å²) in [4.78, 5) is 21.8. The molecule has 0 fully saturated rings. The zero-order chi connectivity index (χ0) is 23.9. The predicted octanol–water partition coefficient (Wildman–Crippen LogP) is 3.41. The molecular weight excluding hydrogens is 435 g/mol. The molecule has 0 bridgehead atoms. The van der Waals surface area contributed by atoms with E-state index < -0.39 is 11.4 Å². The van der Waals surface area contributed by atoms with Crippen LogP contribution < -0.4 is 5.32 Å². The van der Waals surface area contributed by atoms with Crippen molar-refractivity contribution in [2.24, 2.45) is 7.05 Å². The highest BCUT2D eigenvalue weighted by atomic mass is 19.1. The number of aryl methyl sites for hydroxylation is 1. The molecule has 1 atom stereocenters. The molecule has 0 saturated heterocycles. The molecule has 0 aliphatic carbocycles. The van der Waals surface area contributed by atoms with E-state index in [2.05, 4.69) is 26.5 Å². The summed E-state index contributed by atoms with van der Waals surface area (Å²) in [5, 5.41) is 17.0. The lowest BCUT2D eigenvalue weighted by Gasteiger charge is -2.30. The summed E-state index contributed by atoms with van der Waals surface area (Å²) >= 11 is 0. The van der Waals surface area contributed by atoms with E-state index in [4.69, 9.17) is 4.74 Å². The first kappa shape index (κ1) is 21.7. The van der Waals surface area contributed by atoms with Crippen LogP contribution in [0.15, 0.2) is 48.8 Å². The monoisotopic (exact) mass is 456 g/mol. The number of fused-ring (bicyclic) bond motifs is 2. The molecule has 1 amide bonds. The first-order chi connectivity index (χ1) is 16.4. The van der Waals surface area contributed by atoms with Crippen molar-refractivity contribution in [2.75, 3.05) is 6.61 Å². The third-order valence-electron chi connectivity index (χ3n) is 5.98. The van der Waals surface area contributed by atoms with Crippen molar-refractivity contribution >= 4 is 16.8 Å². The van der Waals surface area contributed by atoms with Gasteiger partial charge in [-0.05, 0) is 48.4 Å². The van der Waals surface area contributed by atoms with Crippen LogP contribution in [0.2, 0.25) is 0 Å². The van der Waals surface area contributed by atoms with Gasteiger partial charge in [-0.15, -0.1) is 5.10 Å². The molecule has 34 heavy (non-hydrogen) atoms. The average molecular weight is 456 g/mol. The smallest absolute Gasteiger partial charge is 0.251 e. The summed E-state index contributed by atoms with van der Waals surface area (Å²) in [6, 6.07) is 12.9. The normalized spacial score (nSPS) is 17.2. The summed E-state index contributed by atoms with van der Waals surface area (Å²) in [5.41, 5.74) is 3.45. The standard InChI is InChI=1S/C25H21FN6O2/c1-25(13-27)14-34-12-17-4-3-15(7-20(17)25)24(33)29-10-18-8-22-16(9-28-18)5-6-21(30-22)19-11-32(2)31-23(19)26/h3-9,11H,10,12,14H2,1-2H3,(H,29,33)/t25-/m1/s1. The second kappa shape index (κ2) is 8.32. The van der Waals surface area contributed by atoms with E-state index in [-0.39, 0.29) is 12.5 Å². The Bertz CT molecular complexity index is 1470. The minimum Gasteiger partial charge on any atom is -0.375 e. The predicted molar refractivity (Wildman–Crippen MR) is 122 cm³/mol. The summed E-state index contributed by atoms with van der Waals surface area (Å²) in [6.07, 6.45) is 3.25. The molecule has 9 heteroatoms. The molecule has 1 aliphatic heterocycles. The van der Waals surface area contributed by atoms with Gasteiger partial charge in [0.2, 0.25) is 5.95 Å². The van der Waals surface area contributed by atoms with Gasteiger partial charge in [0.05, 0.1) is 48.3 Å². The number of aromatic nitrogens is 4. The number of carbonyl (C=O) groups is 1. The SMILES string of the molecule is Cn1cc(-c2ccc3cnc(CNC(=O)c4ccc5c(c4)[C@](C)(C#N)COC5)cc3n2)c(F)n1. The zero-order valence-electron chi connectivity index (χ0n) is 18.7. The van der Waals surface area contributed by atoms with Gasteiger partial charge in [-0.1, -0.05) is 6.07 Å². The first-order valence-electron chi connectivity index (χ1n) is 10.7. The summed E-state index contributed by atoms with van der Waals surface area (Å²) in [5.74, 6) is -0.851. The molecule has 0 unspecified atom stereocenters. The zero-order valence-corrected chi connectivity index (χ0v) is 18.7. The number of pyridine rings is 2. The Hall–Kier alpha value is -4.16. The van der Waals surface area contributed by atoms with Crippen LogP contribution in [0.1, 0.15) is 34.1 Å². The van der Waals surface area contributed by atoms with Crippen molar-refractivity contribution < 1.29 is 13.9 Å². The molecule has 0 spiro atoms. The largest absolute Gasteiger partial charge is 0.375 e. The van der Waals surface area contributed by atoms with Crippen molar-refractivity contribution in [1.82, 2.24) is 25.1 Å². The molecule has 8 nitrogen and oxygen atoms in total. The minimum absolute atomic E-state index is 0.192. The Kier molecular flexibility index (Phi) is 5.30. The van der Waals surface area contributed by atoms with Crippen molar-refractivity contribution in [3.63, 3.8) is 0 Å². The van der Waals surface area contributed by atoms with E-state index >= 15 is 0 Å². The van der Waals surface area contributed by atoms with E-state index in [0.29, 0.717) is 41.2 Å². The maximum atomic E-state index is 14.1. The Morgan fingerprint density at radius 1 is 1.32 bits per heavy atom. The van der Waals surface area contributed by atoms with Crippen molar-refractivity contribution in [3.8, 4) is 17.3 Å². The third-order valence-corrected chi connectivity index (χ3v) is 5.98. The molecule has 170 valence electrons. The molecule has 4 heterocycles. The number of hydrogen-bond acceptors (Lipinski definition) is 6. The van der Waals surface area contributed by atoms with Crippen LogP contribution in [0.4, 0.5) is 4.39 Å². The molecule has 1 aliphatic rings. The fourth-order valence-corrected chi connectivity index (χ4v) is 4.10. The van der Waals surface area contributed by atoms with Crippen molar-refractivity contribution in [2.45, 2.75) is 25.5 Å². The maximum Gasteiger partial charge on any atom is 0.251 e. The summed E-state index contributed by atoms with van der Waals surface area (Å²) in [6.45, 7) is 2.72. The van der Waals surface area contributed by atoms with E-state index in [9.17, 15) is 14.4 Å². The molecular formula is C25H21FN6O2. The van der Waals surface area contributed by atoms with Gasteiger partial charge >= 0.3 is 0 Å². The number of ether oxygens (including phenoxy) is 1. The first-order valence-corrected chi connectivity index (χ1v) is 10.7. The second-order valence-electron chi connectivity index (χ2n) is 8.56. The van der Waals surface area contributed by atoms with Gasteiger partial charge in [-0.2, -0.15) is 9.65 Å². The lowest BCUT2D eigenvalue weighted by molar-refractivity contribution is 0.0757. The van der Waals surface area contributed by atoms with Gasteiger partial charge in [-0.3, -0.25) is 14.5 Å². The Labute approximate surface area is 195 Å². The van der Waals surface area contributed by atoms with E-state index in [1.54, 1.807) is 43.7 Å². The Morgan fingerprint density at radius 3 is 2.94 bits per heavy atom. The molecule has 4 aromatic rings. The van der Waals surface area contributed by atoms with Gasteiger partial charge in [0, 0.05) is 30.4 Å². The highest BCUT2D eigenvalue weighted by Gasteiger charge is 2.33. The Balaban J connectivity index is 1.36. The quantitative estimate of drug-likeness (QED) is 0.505. The lowest BCUT2D eigenvalue weighted by Crippen LogP contribution is -2.33. The van der Waals surface area contributed by atoms with Crippen LogP contribution in [-0.4, -0.2) is 32.3 Å². The highest BCUT2D eigenvalue weighted by molar-refractivity contribution is 5.94. The third kappa shape index (κ3) is 3.89. The number of benzene rings is 1. The van der Waals surface area contributed by atoms with Crippen LogP contribution in [0.25, 0.3) is 22.2 Å². The number of nitrogens with zero attached hydrogens (tertiary/aromatic N) is 5. The molecule has 1 N–H and O–H groups in total. The van der Waals surface area contributed by atoms with Crippen LogP contribution in [-0.2, 0) is 30.4 Å². The Morgan fingerprint density at radius 2 is 2.18 bits per heavy atom. The van der Waals surface area contributed by atoms with Gasteiger partial charge < -0.3 is 10.1 Å². The van der Waals surface area contributed by atoms with E-state index in [1.807, 2.05) is 19.1 Å². The number of rotatable bonds is 4. The molecule has 1 aromatic carbocycles. The lowest BCUT2D eigenvalue weighted by atomic mass is 9.79. The van der Waals surface area contributed by atoms with Gasteiger partial charge in [-0.25, -0.2) is 4.98 Å². The second-order valence-corrected chi connectivity index (χ2v) is 8.56. The van der Waals surface area contributed by atoms with Gasteiger partial charge in [0.1, 0.15) is 5.41 Å². The number of carbonyl (C=O) groups excluding carboxylic acids is 1. The fraction of sp³-hybridized carbons (Fsp3) is 0.240. The van der Waals surface area contributed by atoms with Crippen LogP contribution in [0.5, 0.6) is 0 Å². The van der Waals surface area contributed by atoms with Crippen molar-refractivity contribution in [1.29, 1.82) is 5.26 Å². The number of nitrogens with one attached hydrogen (secondary N) is 1. The number of halogens is 1. The highest BCUT2D eigenvalue weighted by Crippen LogP contribution is 2.32. The average Bonchev–Trinajstić information content (AvgIpc) is 3.19. The molecule has 0 saturated carbocycles. The topological polar surface area (TPSA) is 106 Å². The minimum atomic E-state index is -0.791. The molecule has 5 rings (SSSR count). The van der Waals surface area contributed by atoms with Gasteiger partial charge in [0.15, 0.2) is 0 Å². The molecule has 0 radical (unpaired) electrons. The fourth-order valence-electron chi connectivity index (χ4n) is 4.10. The summed E-state index contributed by atoms with van der Waals surface area (Å²) in [7, 11) is 1.65. The van der Waals surface area contributed by atoms with E-state index in [0.717, 1.165) is 16.5 Å². The molecule has 3 aromatic heterocycles. The van der Waals surface area contributed by atoms with Gasteiger partial charge in [0.25, 0.3) is 5.91 Å². The number of nitriles is 1. The van der Waals surface area contributed by atoms with Crippen molar-refractivity contribution in [3.05, 3.63) is 77.1 Å². The maximum absolute atomic E-state index is 14.1. The van der Waals surface area contributed by atoms with E-state index in [1.165, 1.54) is 4.68 Å². The van der Waals surface area contributed by atoms with Crippen LogP contribution in [0, 0.1) is 17.3 Å². The van der Waals surface area contributed by atoms with Crippen LogP contribution >= 0.6 is 0 Å².